The van der Waals surface area contributed by atoms with E-state index in [2.05, 4.69) is 10.0 Å². The molecule has 1 aromatic carbocycles. The zero-order chi connectivity index (χ0) is 41.7. The van der Waals surface area contributed by atoms with E-state index in [4.69, 9.17) is 23.9 Å². The first kappa shape index (κ1) is 41.9. The van der Waals surface area contributed by atoms with Gasteiger partial charge in [0.2, 0.25) is 21.8 Å². The molecule has 3 fully saturated rings. The number of ether oxygens (including phenoxy) is 4. The Bertz CT molecular complexity index is 2110. The molecule has 2 N–H and O–H groups in total. The van der Waals surface area contributed by atoms with Crippen molar-refractivity contribution in [3.8, 4) is 11.5 Å². The molecule has 4 heterocycles. The molecular formula is C43H58N4O10S. The number of esters is 1. The number of nitrogens with one attached hydrogen (secondary N) is 2. The van der Waals surface area contributed by atoms with Gasteiger partial charge in [0.05, 0.1) is 35.5 Å². The lowest BCUT2D eigenvalue weighted by Gasteiger charge is -2.36. The lowest BCUT2D eigenvalue weighted by molar-refractivity contribution is -0.159. The van der Waals surface area contributed by atoms with Crippen LogP contribution in [0.4, 0.5) is 0 Å². The van der Waals surface area contributed by atoms with E-state index in [1.165, 1.54) is 4.90 Å². The lowest BCUT2D eigenvalue weighted by Crippen LogP contribution is -2.57. The van der Waals surface area contributed by atoms with Gasteiger partial charge in [0.15, 0.2) is 0 Å². The van der Waals surface area contributed by atoms with Crippen LogP contribution in [0.15, 0.2) is 30.4 Å². The molecule has 3 amide bonds. The maximum absolute atomic E-state index is 14.9. The smallest absolute Gasteiger partial charge is 0.307 e. The average Bonchev–Trinajstić information content (AvgIpc) is 4.04. The van der Waals surface area contributed by atoms with Crippen LogP contribution in [0.1, 0.15) is 110 Å². The zero-order valence-corrected chi connectivity index (χ0v) is 35.4. The molecule has 0 radical (unpaired) electrons. The maximum atomic E-state index is 14.9. The number of carbonyl (C=O) groups excluding carboxylic acids is 4. The lowest BCUT2D eigenvalue weighted by atomic mass is 9.87. The topological polar surface area (TPSA) is 180 Å². The molecule has 0 unspecified atom stereocenters. The van der Waals surface area contributed by atoms with Gasteiger partial charge in [0, 0.05) is 36.3 Å². The highest BCUT2D eigenvalue weighted by Gasteiger charge is 2.64. The van der Waals surface area contributed by atoms with Gasteiger partial charge in [-0.05, 0) is 104 Å². The zero-order valence-electron chi connectivity index (χ0n) is 34.6. The molecule has 316 valence electrons. The number of benzene rings is 1. The second-order valence-electron chi connectivity index (χ2n) is 18.2. The monoisotopic (exact) mass is 822 g/mol. The van der Waals surface area contributed by atoms with E-state index < -0.39 is 67.2 Å². The Balaban J connectivity index is 1.22. The van der Waals surface area contributed by atoms with Crippen LogP contribution in [0.25, 0.3) is 10.9 Å². The summed E-state index contributed by atoms with van der Waals surface area (Å²) in [6, 6.07) is 4.67. The highest BCUT2D eigenvalue weighted by molar-refractivity contribution is 7.91. The van der Waals surface area contributed by atoms with Crippen molar-refractivity contribution in [1.29, 1.82) is 0 Å². The first-order chi connectivity index (χ1) is 27.4. The van der Waals surface area contributed by atoms with Crippen molar-refractivity contribution in [2.75, 3.05) is 26.9 Å². The molecule has 5 aliphatic rings. The Labute approximate surface area is 341 Å². The normalized spacial score (nSPS) is 28.8. The Morgan fingerprint density at radius 2 is 1.86 bits per heavy atom. The number of nitrogens with zero attached hydrogens (tertiary/aromatic N) is 2. The first-order valence-electron chi connectivity index (χ1n) is 20.7. The van der Waals surface area contributed by atoms with Crippen molar-refractivity contribution in [1.82, 2.24) is 19.9 Å². The molecule has 2 aliphatic carbocycles. The van der Waals surface area contributed by atoms with Gasteiger partial charge in [-0.2, -0.15) is 0 Å². The standard InChI is InChI=1S/C43H58N4O10S/c1-27-36-31(32-23-30(55-21-20-54-6)14-15-33(32)44-27)16-17-42(57-36)25-34-37(49)45-43(39(51)46-58(52,53)41(5)18-19-41)24-29(43)13-11-9-7-8-10-12-28(38(50)47(34)26-42)22-35(48)56-40(2,3)4/h11,13-15,23,28-29,34H,7-10,12,16-22,24-26H2,1-6H3,(H,45,49)(H,46,51)/b13-11-/t28-,29-,34+,42-,43-/m1/s1. The summed E-state index contributed by atoms with van der Waals surface area (Å²) >= 11 is 0. The van der Waals surface area contributed by atoms with Gasteiger partial charge in [-0.25, -0.2) is 13.4 Å². The predicted octanol–water partition coefficient (Wildman–Crippen LogP) is 4.97. The third-order valence-electron chi connectivity index (χ3n) is 12.4. The van der Waals surface area contributed by atoms with Gasteiger partial charge in [0.25, 0.3) is 5.91 Å². The number of aryl methyl sites for hydroxylation is 2. The Hall–Kier alpha value is -4.24. The minimum absolute atomic E-state index is 0.0705. The number of hydrogen-bond acceptors (Lipinski definition) is 11. The number of rotatable bonds is 9. The molecule has 1 spiro atoms. The molecular weight excluding hydrogens is 765 g/mol. The minimum atomic E-state index is -3.99. The second-order valence-corrected chi connectivity index (χ2v) is 20.4. The van der Waals surface area contributed by atoms with E-state index in [1.807, 2.05) is 37.3 Å². The van der Waals surface area contributed by atoms with Gasteiger partial charge < -0.3 is 29.2 Å². The van der Waals surface area contributed by atoms with Crippen LogP contribution in [-0.4, -0.2) is 96.4 Å². The molecule has 1 aromatic heterocycles. The van der Waals surface area contributed by atoms with Gasteiger partial charge in [-0.15, -0.1) is 0 Å². The van der Waals surface area contributed by atoms with E-state index in [0.717, 1.165) is 29.3 Å². The Morgan fingerprint density at radius 3 is 2.59 bits per heavy atom. The van der Waals surface area contributed by atoms with Crippen molar-refractivity contribution < 1.29 is 46.5 Å². The van der Waals surface area contributed by atoms with E-state index in [1.54, 1.807) is 34.8 Å². The number of hydrogen-bond donors (Lipinski definition) is 2. The fourth-order valence-electron chi connectivity index (χ4n) is 8.72. The van der Waals surface area contributed by atoms with Crippen LogP contribution in [0.5, 0.6) is 11.5 Å². The largest absolute Gasteiger partial charge is 0.491 e. The summed E-state index contributed by atoms with van der Waals surface area (Å²) in [5, 5.41) is 3.86. The number of carbonyl (C=O) groups is 4. The van der Waals surface area contributed by atoms with Crippen LogP contribution in [-0.2, 0) is 45.1 Å². The number of methoxy groups -OCH3 is 1. The van der Waals surface area contributed by atoms with E-state index in [9.17, 15) is 27.6 Å². The van der Waals surface area contributed by atoms with Crippen LogP contribution in [0.3, 0.4) is 0 Å². The molecule has 1 saturated heterocycles. The SMILES string of the molecule is COCCOc1ccc2nc(C)c3c(c2c1)CC[C@]1(C[C@H]2C(=O)N[C@]4(C(=O)NS(=O)(=O)C5(C)CC5)C[C@H]4/C=C\CCCCC[C@H](CC(=O)OC(C)(C)C)C(=O)N2C1)O3. The predicted molar refractivity (Wildman–Crippen MR) is 216 cm³/mol. The molecule has 2 aromatic rings. The first-order valence-corrected chi connectivity index (χ1v) is 22.2. The minimum Gasteiger partial charge on any atom is -0.491 e. The molecule has 0 bridgehead atoms. The third kappa shape index (κ3) is 8.57. The summed E-state index contributed by atoms with van der Waals surface area (Å²) < 4.78 is 51.4. The van der Waals surface area contributed by atoms with E-state index >= 15 is 0 Å². The Kier molecular flexibility index (Phi) is 11.4. The fraction of sp³-hybridized carbons (Fsp3) is 0.651. The maximum Gasteiger partial charge on any atom is 0.307 e. The third-order valence-corrected chi connectivity index (χ3v) is 14.6. The summed E-state index contributed by atoms with van der Waals surface area (Å²) in [4.78, 5) is 63.2. The fourth-order valence-corrected chi connectivity index (χ4v) is 10.0. The van der Waals surface area contributed by atoms with Gasteiger partial charge in [-0.1, -0.05) is 25.0 Å². The number of allylic oxidation sites excluding steroid dienone is 1. The van der Waals surface area contributed by atoms with Crippen LogP contribution < -0.4 is 19.5 Å². The van der Waals surface area contributed by atoms with Crippen molar-refractivity contribution >= 4 is 44.6 Å². The van der Waals surface area contributed by atoms with Gasteiger partial charge >= 0.3 is 5.97 Å². The van der Waals surface area contributed by atoms with Crippen molar-refractivity contribution in [2.45, 2.75) is 139 Å². The van der Waals surface area contributed by atoms with Gasteiger partial charge in [-0.3, -0.25) is 23.9 Å². The quantitative estimate of drug-likeness (QED) is 0.198. The summed E-state index contributed by atoms with van der Waals surface area (Å²) in [5.74, 6) is -2.11. The summed E-state index contributed by atoms with van der Waals surface area (Å²) in [6.45, 7) is 9.72. The van der Waals surface area contributed by atoms with Crippen molar-refractivity contribution in [2.24, 2.45) is 11.8 Å². The van der Waals surface area contributed by atoms with Crippen LogP contribution >= 0.6 is 0 Å². The average molecular weight is 823 g/mol. The van der Waals surface area contributed by atoms with E-state index in [0.29, 0.717) is 75.4 Å². The number of fused-ring (bicyclic) bond motifs is 5. The highest BCUT2D eigenvalue weighted by atomic mass is 32.2. The number of pyridine rings is 1. The number of sulfonamides is 1. The van der Waals surface area contributed by atoms with Gasteiger partial charge in [0.1, 0.15) is 40.9 Å². The summed E-state index contributed by atoms with van der Waals surface area (Å²) in [5.41, 5.74) is -0.810. The van der Waals surface area contributed by atoms with Crippen LogP contribution in [0.2, 0.25) is 0 Å². The van der Waals surface area contributed by atoms with Crippen molar-refractivity contribution in [3.63, 3.8) is 0 Å². The van der Waals surface area contributed by atoms with E-state index in [-0.39, 0.29) is 31.7 Å². The van der Waals surface area contributed by atoms with Crippen molar-refractivity contribution in [3.05, 3.63) is 41.6 Å². The number of amides is 3. The van der Waals surface area contributed by atoms with Crippen LogP contribution in [0, 0.1) is 18.8 Å². The second kappa shape index (κ2) is 15.7. The molecule has 58 heavy (non-hydrogen) atoms. The summed E-state index contributed by atoms with van der Waals surface area (Å²) in [6.07, 6.45) is 9.46. The Morgan fingerprint density at radius 1 is 1.09 bits per heavy atom. The molecule has 3 aliphatic heterocycles. The molecule has 15 heteroatoms. The summed E-state index contributed by atoms with van der Waals surface area (Å²) in [7, 11) is -2.37. The molecule has 7 rings (SSSR count). The number of aromatic nitrogens is 1. The highest BCUT2D eigenvalue weighted by Crippen LogP contribution is 2.49. The molecule has 5 atom stereocenters. The molecule has 14 nitrogen and oxygen atoms in total. The molecule has 2 saturated carbocycles.